The third kappa shape index (κ3) is 7.29. The van der Waals surface area contributed by atoms with Gasteiger partial charge in [-0.15, -0.1) is 0 Å². The fraction of sp³-hybridized carbons (Fsp3) is 0.192. The van der Waals surface area contributed by atoms with Gasteiger partial charge in [-0.1, -0.05) is 59.6 Å². The molecule has 170 valence electrons. The van der Waals surface area contributed by atoms with Crippen molar-refractivity contribution in [3.63, 3.8) is 0 Å². The summed E-state index contributed by atoms with van der Waals surface area (Å²) in [6.45, 7) is 6.00. The van der Waals surface area contributed by atoms with Crippen molar-refractivity contribution in [2.45, 2.75) is 26.7 Å². The monoisotopic (exact) mass is 508 g/mol. The van der Waals surface area contributed by atoms with Gasteiger partial charge in [-0.05, 0) is 60.9 Å². The third-order valence-electron chi connectivity index (χ3n) is 4.77. The van der Waals surface area contributed by atoms with E-state index < -0.39 is 11.9 Å². The van der Waals surface area contributed by atoms with Gasteiger partial charge in [-0.25, -0.2) is 10.2 Å². The molecular weight excluding hydrogens is 484 g/mol. The summed E-state index contributed by atoms with van der Waals surface area (Å²) < 4.78 is 11.8. The van der Waals surface area contributed by atoms with Gasteiger partial charge in [0.05, 0.1) is 11.8 Å². The predicted molar refractivity (Wildman–Crippen MR) is 132 cm³/mol. The number of aryl methyl sites for hydroxylation is 1. The molecule has 33 heavy (non-hydrogen) atoms. The van der Waals surface area contributed by atoms with Crippen LogP contribution in [0, 0.1) is 6.92 Å². The Kier molecular flexibility index (Phi) is 8.38. The van der Waals surface area contributed by atoms with Gasteiger partial charge in [0.1, 0.15) is 11.5 Å². The van der Waals surface area contributed by atoms with Gasteiger partial charge in [0.15, 0.2) is 6.61 Å². The fourth-order valence-corrected chi connectivity index (χ4v) is 3.24. The van der Waals surface area contributed by atoms with Crippen molar-refractivity contribution in [2.24, 2.45) is 5.10 Å². The zero-order valence-electron chi connectivity index (χ0n) is 18.7. The van der Waals surface area contributed by atoms with Gasteiger partial charge in [-0.3, -0.25) is 4.79 Å². The molecule has 0 aliphatic heterocycles. The van der Waals surface area contributed by atoms with E-state index in [0.717, 1.165) is 10.0 Å². The Balaban J connectivity index is 1.58. The number of ether oxygens (including phenoxy) is 2. The molecule has 0 unspecified atom stereocenters. The molecule has 0 radical (unpaired) electrons. The van der Waals surface area contributed by atoms with Crippen molar-refractivity contribution in [2.75, 3.05) is 6.61 Å². The first-order valence-electron chi connectivity index (χ1n) is 10.4. The summed E-state index contributed by atoms with van der Waals surface area (Å²) in [6, 6.07) is 19.9. The summed E-state index contributed by atoms with van der Waals surface area (Å²) in [5, 5.41) is 3.97. The first-order chi connectivity index (χ1) is 15.8. The first-order valence-corrected chi connectivity index (χ1v) is 11.2. The molecule has 3 rings (SSSR count). The molecule has 0 aliphatic carbocycles. The largest absolute Gasteiger partial charge is 0.484 e. The highest BCUT2D eigenvalue weighted by Crippen LogP contribution is 2.23. The number of nitrogens with one attached hydrogen (secondary N) is 1. The Morgan fingerprint density at radius 1 is 1.03 bits per heavy atom. The maximum absolute atomic E-state index is 12.5. The van der Waals surface area contributed by atoms with Crippen LogP contribution in [0.4, 0.5) is 0 Å². The van der Waals surface area contributed by atoms with Crippen LogP contribution < -0.4 is 14.9 Å². The summed E-state index contributed by atoms with van der Waals surface area (Å²) in [7, 11) is 0. The molecule has 1 amide bonds. The quantitative estimate of drug-likeness (QED) is 0.185. The average molecular weight is 509 g/mol. The minimum Gasteiger partial charge on any atom is -0.484 e. The van der Waals surface area contributed by atoms with E-state index >= 15 is 0 Å². The molecule has 0 aromatic heterocycles. The summed E-state index contributed by atoms with van der Waals surface area (Å²) in [4.78, 5) is 24.5. The Bertz CT molecular complexity index is 1140. The Hall–Kier alpha value is -3.45. The average Bonchev–Trinajstić information content (AvgIpc) is 2.80. The summed E-state index contributed by atoms with van der Waals surface area (Å²) in [5.74, 6) is 0.468. The number of carbonyl (C=O) groups excluding carboxylic acids is 2. The molecule has 3 aromatic carbocycles. The zero-order valence-corrected chi connectivity index (χ0v) is 20.3. The number of rotatable bonds is 8. The van der Waals surface area contributed by atoms with Gasteiger partial charge in [0, 0.05) is 10.0 Å². The number of hydrogen-bond donors (Lipinski definition) is 1. The van der Waals surface area contributed by atoms with Crippen LogP contribution in [-0.2, 0) is 4.79 Å². The van der Waals surface area contributed by atoms with Gasteiger partial charge in [-0.2, -0.15) is 5.10 Å². The van der Waals surface area contributed by atoms with E-state index in [2.05, 4.69) is 40.3 Å². The minimum atomic E-state index is -0.479. The highest BCUT2D eigenvalue weighted by atomic mass is 79.9. The molecule has 0 atom stereocenters. The molecule has 0 heterocycles. The van der Waals surface area contributed by atoms with E-state index in [1.54, 1.807) is 30.3 Å². The van der Waals surface area contributed by atoms with Crippen molar-refractivity contribution in [1.82, 2.24) is 5.43 Å². The molecule has 0 saturated carbocycles. The highest BCUT2D eigenvalue weighted by Gasteiger charge is 2.12. The molecule has 6 nitrogen and oxygen atoms in total. The predicted octanol–water partition coefficient (Wildman–Crippen LogP) is 5.63. The first kappa shape index (κ1) is 24.2. The molecule has 0 bridgehead atoms. The summed E-state index contributed by atoms with van der Waals surface area (Å²) in [5.41, 5.74) is 5.63. The third-order valence-corrected chi connectivity index (χ3v) is 5.26. The van der Waals surface area contributed by atoms with E-state index in [1.807, 2.05) is 43.3 Å². The lowest BCUT2D eigenvalue weighted by Gasteiger charge is -2.09. The molecular formula is C26H25BrN2O4. The van der Waals surface area contributed by atoms with E-state index in [4.69, 9.17) is 9.47 Å². The minimum absolute atomic E-state index is 0.174. The lowest BCUT2D eigenvalue weighted by Crippen LogP contribution is -2.24. The topological polar surface area (TPSA) is 77.0 Å². The number of amides is 1. The summed E-state index contributed by atoms with van der Waals surface area (Å²) in [6.07, 6.45) is 1.41. The van der Waals surface area contributed by atoms with E-state index in [9.17, 15) is 9.59 Å². The number of esters is 1. The standard InChI is InChI=1S/C26H25BrN2O4/c1-17(2)19-8-11-23(12-9-19)32-16-25(30)29-28-15-21-14-22(27)10-13-24(21)33-26(31)20-6-4-18(3)5-7-20/h4-15,17H,16H2,1-3H3,(H,29,30)/b28-15+. The van der Waals surface area contributed by atoms with Crippen LogP contribution in [0.15, 0.2) is 76.3 Å². The zero-order chi connectivity index (χ0) is 23.8. The van der Waals surface area contributed by atoms with Crippen molar-refractivity contribution in [1.29, 1.82) is 0 Å². The van der Waals surface area contributed by atoms with Crippen molar-refractivity contribution in [3.05, 3.63) is 93.5 Å². The number of hydrogen-bond acceptors (Lipinski definition) is 5. The van der Waals surface area contributed by atoms with Crippen LogP contribution in [0.3, 0.4) is 0 Å². The second kappa shape index (κ2) is 11.4. The highest BCUT2D eigenvalue weighted by molar-refractivity contribution is 9.10. The van der Waals surface area contributed by atoms with Crippen molar-refractivity contribution < 1.29 is 19.1 Å². The van der Waals surface area contributed by atoms with Crippen LogP contribution in [0.1, 0.15) is 46.8 Å². The number of benzene rings is 3. The van der Waals surface area contributed by atoms with E-state index in [-0.39, 0.29) is 6.61 Å². The lowest BCUT2D eigenvalue weighted by molar-refractivity contribution is -0.123. The normalized spacial score (nSPS) is 10.9. The molecule has 0 aliphatic rings. The van der Waals surface area contributed by atoms with Gasteiger partial charge in [0.25, 0.3) is 5.91 Å². The number of nitrogens with zero attached hydrogens (tertiary/aromatic N) is 1. The molecule has 7 heteroatoms. The Morgan fingerprint density at radius 3 is 2.39 bits per heavy atom. The Morgan fingerprint density at radius 2 is 1.73 bits per heavy atom. The van der Waals surface area contributed by atoms with Gasteiger partial charge < -0.3 is 9.47 Å². The van der Waals surface area contributed by atoms with Gasteiger partial charge >= 0.3 is 5.97 Å². The van der Waals surface area contributed by atoms with Crippen molar-refractivity contribution >= 4 is 34.0 Å². The number of carbonyl (C=O) groups is 2. The maximum atomic E-state index is 12.5. The van der Waals surface area contributed by atoms with Crippen LogP contribution in [-0.4, -0.2) is 24.7 Å². The SMILES string of the molecule is Cc1ccc(C(=O)Oc2ccc(Br)cc2/C=N/NC(=O)COc2ccc(C(C)C)cc2)cc1. The van der Waals surface area contributed by atoms with Crippen LogP contribution in [0.2, 0.25) is 0 Å². The van der Waals surface area contributed by atoms with E-state index in [1.165, 1.54) is 11.8 Å². The van der Waals surface area contributed by atoms with Crippen LogP contribution in [0.5, 0.6) is 11.5 Å². The number of hydrazone groups is 1. The Labute approximate surface area is 201 Å². The van der Waals surface area contributed by atoms with E-state index in [0.29, 0.717) is 28.5 Å². The summed E-state index contributed by atoms with van der Waals surface area (Å²) >= 11 is 3.39. The second-order valence-electron chi connectivity index (χ2n) is 7.74. The molecule has 1 N–H and O–H groups in total. The van der Waals surface area contributed by atoms with Crippen LogP contribution in [0.25, 0.3) is 0 Å². The maximum Gasteiger partial charge on any atom is 0.343 e. The van der Waals surface area contributed by atoms with Crippen LogP contribution >= 0.6 is 15.9 Å². The number of halogens is 1. The fourth-order valence-electron chi connectivity index (χ4n) is 2.87. The molecule has 0 saturated heterocycles. The second-order valence-corrected chi connectivity index (χ2v) is 8.66. The molecule has 0 spiro atoms. The lowest BCUT2D eigenvalue weighted by atomic mass is 10.0. The van der Waals surface area contributed by atoms with Crippen molar-refractivity contribution in [3.8, 4) is 11.5 Å². The molecule has 0 fully saturated rings. The van der Waals surface area contributed by atoms with Gasteiger partial charge in [0.2, 0.25) is 0 Å². The molecule has 3 aromatic rings. The smallest absolute Gasteiger partial charge is 0.343 e.